The number of Topliss-reactive ketones (excluding diaryl/α,β-unsaturated/α-hetero) is 1. The average Bonchev–Trinajstić information content (AvgIpc) is 2.51. The van der Waals surface area contributed by atoms with E-state index < -0.39 is 0 Å². The first-order chi connectivity index (χ1) is 5.79. The smallest absolute Gasteiger partial charge is 0.176 e. The van der Waals surface area contributed by atoms with Crippen LogP contribution in [0.3, 0.4) is 0 Å². The lowest BCUT2D eigenvalue weighted by atomic mass is 10.1. The molecular formula is C9H12O2S. The summed E-state index contributed by atoms with van der Waals surface area (Å²) in [5.74, 6) is 1.49. The van der Waals surface area contributed by atoms with Crippen LogP contribution < -0.4 is 0 Å². The highest BCUT2D eigenvalue weighted by molar-refractivity contribution is 7.99. The third-order valence-electron chi connectivity index (χ3n) is 1.64. The Bertz CT molecular complexity index is 265. The Hall–Kier alpha value is -0.700. The van der Waals surface area contributed by atoms with Crippen molar-refractivity contribution in [2.24, 2.45) is 0 Å². The summed E-state index contributed by atoms with van der Waals surface area (Å²) in [5, 5.41) is 0. The zero-order chi connectivity index (χ0) is 8.97. The minimum Gasteiger partial charge on any atom is -0.469 e. The molecule has 0 atom stereocenters. The molecule has 0 aliphatic carbocycles. The van der Waals surface area contributed by atoms with Gasteiger partial charge in [0.2, 0.25) is 0 Å². The summed E-state index contributed by atoms with van der Waals surface area (Å²) in [6.45, 7) is 1.98. The van der Waals surface area contributed by atoms with E-state index in [0.717, 1.165) is 17.7 Å². The number of furan rings is 1. The second kappa shape index (κ2) is 4.36. The first-order valence-electron chi connectivity index (χ1n) is 3.88. The molecule has 2 nitrogen and oxygen atoms in total. The molecule has 0 aromatic carbocycles. The first kappa shape index (κ1) is 9.39. The van der Waals surface area contributed by atoms with Crippen LogP contribution in [0.2, 0.25) is 0 Å². The van der Waals surface area contributed by atoms with Gasteiger partial charge in [0, 0.05) is 6.42 Å². The zero-order valence-corrected chi connectivity index (χ0v) is 8.11. The van der Waals surface area contributed by atoms with Crippen LogP contribution in [0.4, 0.5) is 0 Å². The van der Waals surface area contributed by atoms with Crippen molar-refractivity contribution in [1.82, 2.24) is 0 Å². The van der Waals surface area contributed by atoms with Gasteiger partial charge in [-0.25, -0.2) is 0 Å². The fourth-order valence-corrected chi connectivity index (χ4v) is 1.49. The number of ketones is 1. The fraction of sp³-hybridized carbons (Fsp3) is 0.444. The standard InChI is InChI=1S/C9H12O2S/c1-3-9-7(4-5-11-9)8(10)6-12-2/h4-5H,3,6H2,1-2H3. The lowest BCUT2D eigenvalue weighted by molar-refractivity contribution is 0.102. The second-order valence-electron chi connectivity index (χ2n) is 2.47. The van der Waals surface area contributed by atoms with Gasteiger partial charge in [-0.2, -0.15) is 11.8 Å². The van der Waals surface area contributed by atoms with E-state index >= 15 is 0 Å². The van der Waals surface area contributed by atoms with Crippen molar-refractivity contribution >= 4 is 17.5 Å². The van der Waals surface area contributed by atoms with Gasteiger partial charge in [0.05, 0.1) is 17.6 Å². The summed E-state index contributed by atoms with van der Waals surface area (Å²) in [4.78, 5) is 11.4. The Morgan fingerprint density at radius 3 is 3.00 bits per heavy atom. The van der Waals surface area contributed by atoms with E-state index in [-0.39, 0.29) is 5.78 Å². The van der Waals surface area contributed by atoms with E-state index in [0.29, 0.717) is 5.75 Å². The van der Waals surface area contributed by atoms with Gasteiger partial charge in [-0.15, -0.1) is 0 Å². The highest BCUT2D eigenvalue weighted by atomic mass is 32.2. The molecule has 66 valence electrons. The van der Waals surface area contributed by atoms with Gasteiger partial charge in [0.15, 0.2) is 5.78 Å². The summed E-state index contributed by atoms with van der Waals surface area (Å²) < 4.78 is 5.15. The Morgan fingerprint density at radius 2 is 2.42 bits per heavy atom. The molecule has 0 amide bonds. The summed E-state index contributed by atoms with van der Waals surface area (Å²) in [6, 6.07) is 1.75. The van der Waals surface area contributed by atoms with Gasteiger partial charge in [0.25, 0.3) is 0 Å². The Kier molecular flexibility index (Phi) is 3.41. The van der Waals surface area contributed by atoms with Crippen molar-refractivity contribution in [2.75, 3.05) is 12.0 Å². The molecule has 0 N–H and O–H groups in total. The molecule has 1 rings (SSSR count). The van der Waals surface area contributed by atoms with Gasteiger partial charge in [0.1, 0.15) is 5.76 Å². The SMILES string of the molecule is CCc1occc1C(=O)CSC. The first-order valence-corrected chi connectivity index (χ1v) is 5.27. The van der Waals surface area contributed by atoms with E-state index in [1.165, 1.54) is 11.8 Å². The number of rotatable bonds is 4. The summed E-state index contributed by atoms with van der Waals surface area (Å²) in [7, 11) is 0. The molecule has 0 aliphatic rings. The molecule has 0 fully saturated rings. The molecule has 0 saturated carbocycles. The lowest BCUT2D eigenvalue weighted by Crippen LogP contribution is -2.02. The lowest BCUT2D eigenvalue weighted by Gasteiger charge is -1.96. The number of carbonyl (C=O) groups excluding carboxylic acids is 1. The maximum absolute atomic E-state index is 11.4. The van der Waals surface area contributed by atoms with Crippen LogP contribution in [0.15, 0.2) is 16.7 Å². The topological polar surface area (TPSA) is 30.2 Å². The molecule has 0 unspecified atom stereocenters. The molecular weight excluding hydrogens is 172 g/mol. The minimum atomic E-state index is 0.160. The summed E-state index contributed by atoms with van der Waals surface area (Å²) in [5.41, 5.74) is 0.742. The molecule has 0 aliphatic heterocycles. The summed E-state index contributed by atoms with van der Waals surface area (Å²) in [6.07, 6.45) is 4.28. The second-order valence-corrected chi connectivity index (χ2v) is 3.33. The Balaban J connectivity index is 2.79. The van der Waals surface area contributed by atoms with E-state index in [2.05, 4.69) is 0 Å². The molecule has 0 radical (unpaired) electrons. The maximum atomic E-state index is 11.4. The van der Waals surface area contributed by atoms with Crippen molar-refractivity contribution < 1.29 is 9.21 Å². The van der Waals surface area contributed by atoms with Gasteiger partial charge >= 0.3 is 0 Å². The summed E-state index contributed by atoms with van der Waals surface area (Å²) >= 11 is 1.54. The Morgan fingerprint density at radius 1 is 1.67 bits per heavy atom. The van der Waals surface area contributed by atoms with Crippen LogP contribution in [0.1, 0.15) is 23.0 Å². The fourth-order valence-electron chi connectivity index (χ4n) is 1.07. The van der Waals surface area contributed by atoms with Crippen molar-refractivity contribution in [1.29, 1.82) is 0 Å². The minimum absolute atomic E-state index is 0.160. The van der Waals surface area contributed by atoms with Crippen LogP contribution in [0.25, 0.3) is 0 Å². The van der Waals surface area contributed by atoms with Gasteiger partial charge < -0.3 is 4.42 Å². The number of hydrogen-bond acceptors (Lipinski definition) is 3. The molecule has 12 heavy (non-hydrogen) atoms. The molecule has 1 aromatic rings. The number of aryl methyl sites for hydroxylation is 1. The van der Waals surface area contributed by atoms with Crippen molar-refractivity contribution in [3.05, 3.63) is 23.7 Å². The Labute approximate surface area is 76.3 Å². The van der Waals surface area contributed by atoms with E-state index in [1.807, 2.05) is 13.2 Å². The third kappa shape index (κ3) is 1.91. The molecule has 0 spiro atoms. The van der Waals surface area contributed by atoms with Crippen LogP contribution in [0.5, 0.6) is 0 Å². The highest BCUT2D eigenvalue weighted by Crippen LogP contribution is 2.13. The quantitative estimate of drug-likeness (QED) is 0.673. The van der Waals surface area contributed by atoms with Crippen LogP contribution in [-0.2, 0) is 6.42 Å². The van der Waals surface area contributed by atoms with E-state index in [9.17, 15) is 4.79 Å². The molecule has 1 heterocycles. The molecule has 1 aromatic heterocycles. The highest BCUT2D eigenvalue weighted by Gasteiger charge is 2.11. The average molecular weight is 184 g/mol. The number of thioether (sulfide) groups is 1. The third-order valence-corrected chi connectivity index (χ3v) is 2.19. The van der Waals surface area contributed by atoms with Gasteiger partial charge in [-0.1, -0.05) is 6.92 Å². The van der Waals surface area contributed by atoms with Crippen LogP contribution in [-0.4, -0.2) is 17.8 Å². The predicted molar refractivity (Wildman–Crippen MR) is 50.8 cm³/mol. The zero-order valence-electron chi connectivity index (χ0n) is 7.29. The molecule has 0 bridgehead atoms. The van der Waals surface area contributed by atoms with Crippen molar-refractivity contribution in [3.8, 4) is 0 Å². The van der Waals surface area contributed by atoms with E-state index in [1.54, 1.807) is 12.3 Å². The van der Waals surface area contributed by atoms with Gasteiger partial charge in [-0.3, -0.25) is 4.79 Å². The van der Waals surface area contributed by atoms with Crippen LogP contribution >= 0.6 is 11.8 Å². The molecule has 3 heteroatoms. The maximum Gasteiger partial charge on any atom is 0.176 e. The largest absolute Gasteiger partial charge is 0.469 e. The number of hydrogen-bond donors (Lipinski definition) is 0. The monoisotopic (exact) mass is 184 g/mol. The normalized spacial score (nSPS) is 10.2. The number of carbonyl (C=O) groups is 1. The van der Waals surface area contributed by atoms with E-state index in [4.69, 9.17) is 4.42 Å². The van der Waals surface area contributed by atoms with Crippen molar-refractivity contribution in [3.63, 3.8) is 0 Å². The van der Waals surface area contributed by atoms with Gasteiger partial charge in [-0.05, 0) is 12.3 Å². The van der Waals surface area contributed by atoms with Crippen LogP contribution in [0, 0.1) is 0 Å². The predicted octanol–water partition coefficient (Wildman–Crippen LogP) is 2.39. The molecule has 0 saturated heterocycles. The van der Waals surface area contributed by atoms with Crippen molar-refractivity contribution in [2.45, 2.75) is 13.3 Å².